The summed E-state index contributed by atoms with van der Waals surface area (Å²) in [4.78, 5) is 34.2. The molecule has 2 atom stereocenters. The largest absolute Gasteiger partial charge is 0.493 e. The number of piperazine rings is 1. The van der Waals surface area contributed by atoms with E-state index in [0.717, 1.165) is 25.2 Å². The molecule has 0 unspecified atom stereocenters. The zero-order valence-electron chi connectivity index (χ0n) is 24.3. The summed E-state index contributed by atoms with van der Waals surface area (Å²) in [5.41, 5.74) is 3.09. The highest BCUT2D eigenvalue weighted by atomic mass is 16.5. The van der Waals surface area contributed by atoms with Gasteiger partial charge in [0.25, 0.3) is 5.91 Å². The van der Waals surface area contributed by atoms with Gasteiger partial charge in [0.1, 0.15) is 0 Å². The topological polar surface area (TPSA) is 80.8 Å². The first-order valence-electron chi connectivity index (χ1n) is 13.7. The van der Waals surface area contributed by atoms with Crippen molar-refractivity contribution >= 4 is 11.8 Å². The molecule has 0 radical (unpaired) electrons. The number of benzene rings is 3. The molecule has 1 fully saturated rings. The first-order chi connectivity index (χ1) is 19.9. The maximum absolute atomic E-state index is 14.5. The van der Waals surface area contributed by atoms with Crippen LogP contribution in [0, 0.1) is 0 Å². The number of rotatable bonds is 8. The molecule has 5 rings (SSSR count). The summed E-state index contributed by atoms with van der Waals surface area (Å²) in [6.45, 7) is 3.57. The second-order valence-corrected chi connectivity index (χ2v) is 10.3. The lowest BCUT2D eigenvalue weighted by atomic mass is 9.78. The highest BCUT2D eigenvalue weighted by molar-refractivity contribution is 6.02. The molecular formula is C32H37N3O6. The summed E-state index contributed by atoms with van der Waals surface area (Å²) in [5, 5.41) is 0. The van der Waals surface area contributed by atoms with Crippen LogP contribution < -0.4 is 18.9 Å². The molecule has 0 bridgehead atoms. The molecule has 216 valence electrons. The van der Waals surface area contributed by atoms with Crippen LogP contribution >= 0.6 is 0 Å². The Kier molecular flexibility index (Phi) is 8.35. The lowest BCUT2D eigenvalue weighted by Crippen LogP contribution is -2.52. The fourth-order valence-electron chi connectivity index (χ4n) is 5.93. The zero-order valence-corrected chi connectivity index (χ0v) is 24.3. The van der Waals surface area contributed by atoms with Gasteiger partial charge in [-0.25, -0.2) is 0 Å². The average Bonchev–Trinajstić information content (AvgIpc) is 3.02. The molecule has 0 saturated carbocycles. The molecule has 1 saturated heterocycles. The van der Waals surface area contributed by atoms with Crippen LogP contribution in [0.4, 0.5) is 0 Å². The quantitative estimate of drug-likeness (QED) is 0.413. The third-order valence-corrected chi connectivity index (χ3v) is 8.12. The summed E-state index contributed by atoms with van der Waals surface area (Å²) in [7, 11) is 7.97. The predicted molar refractivity (Wildman–Crippen MR) is 155 cm³/mol. The van der Waals surface area contributed by atoms with Crippen LogP contribution in [0.25, 0.3) is 0 Å². The lowest BCUT2D eigenvalue weighted by molar-refractivity contribution is -0.136. The third-order valence-electron chi connectivity index (χ3n) is 8.12. The van der Waals surface area contributed by atoms with Crippen molar-refractivity contribution in [2.45, 2.75) is 18.5 Å². The molecule has 3 aromatic rings. The third kappa shape index (κ3) is 5.41. The van der Waals surface area contributed by atoms with Crippen LogP contribution in [0.2, 0.25) is 0 Å². The number of carbonyl (C=O) groups is 2. The van der Waals surface area contributed by atoms with Crippen LogP contribution in [0.5, 0.6) is 23.0 Å². The van der Waals surface area contributed by atoms with E-state index in [4.69, 9.17) is 18.9 Å². The summed E-state index contributed by atoms with van der Waals surface area (Å²) >= 11 is 0. The molecule has 0 aromatic heterocycles. The summed E-state index contributed by atoms with van der Waals surface area (Å²) < 4.78 is 22.1. The van der Waals surface area contributed by atoms with Gasteiger partial charge < -0.3 is 28.7 Å². The van der Waals surface area contributed by atoms with Crippen molar-refractivity contribution in [1.82, 2.24) is 14.7 Å². The molecular weight excluding hydrogens is 522 g/mol. The van der Waals surface area contributed by atoms with Gasteiger partial charge in [0.2, 0.25) is 5.91 Å². The average molecular weight is 560 g/mol. The van der Waals surface area contributed by atoms with Gasteiger partial charge in [-0.1, -0.05) is 36.4 Å². The van der Waals surface area contributed by atoms with Crippen molar-refractivity contribution in [3.05, 3.63) is 82.9 Å². The molecule has 2 heterocycles. The molecule has 0 spiro atoms. The molecule has 41 heavy (non-hydrogen) atoms. The minimum absolute atomic E-state index is 0.0306. The van der Waals surface area contributed by atoms with Crippen molar-refractivity contribution in [1.29, 1.82) is 0 Å². The molecule has 0 aliphatic carbocycles. The number of hydrogen-bond donors (Lipinski definition) is 0. The molecule has 9 heteroatoms. The molecule has 0 N–H and O–H groups in total. The predicted octanol–water partition coefficient (Wildman–Crippen LogP) is 3.98. The Balaban J connectivity index is 1.52. The normalized spacial score (nSPS) is 19.0. The van der Waals surface area contributed by atoms with E-state index in [1.165, 1.54) is 12.7 Å². The first kappa shape index (κ1) is 28.3. The number of amides is 2. The Morgan fingerprint density at radius 1 is 0.780 bits per heavy atom. The van der Waals surface area contributed by atoms with Gasteiger partial charge >= 0.3 is 0 Å². The van der Waals surface area contributed by atoms with Crippen LogP contribution in [-0.4, -0.2) is 88.2 Å². The van der Waals surface area contributed by atoms with E-state index in [1.54, 1.807) is 51.5 Å². The van der Waals surface area contributed by atoms with Gasteiger partial charge in [0.05, 0.1) is 40.4 Å². The van der Waals surface area contributed by atoms with Crippen molar-refractivity contribution in [3.63, 3.8) is 0 Å². The molecule has 3 aromatic carbocycles. The smallest absolute Gasteiger partial charge is 0.254 e. The maximum atomic E-state index is 14.5. The van der Waals surface area contributed by atoms with Crippen molar-refractivity contribution in [2.24, 2.45) is 0 Å². The maximum Gasteiger partial charge on any atom is 0.254 e. The van der Waals surface area contributed by atoms with Gasteiger partial charge in [-0.3, -0.25) is 14.5 Å². The van der Waals surface area contributed by atoms with E-state index in [9.17, 15) is 9.59 Å². The van der Waals surface area contributed by atoms with Gasteiger partial charge in [-0.15, -0.1) is 0 Å². The number of hydrogen-bond acceptors (Lipinski definition) is 7. The summed E-state index contributed by atoms with van der Waals surface area (Å²) in [6, 6.07) is 18.8. The van der Waals surface area contributed by atoms with Gasteiger partial charge in [0.15, 0.2) is 23.0 Å². The van der Waals surface area contributed by atoms with Crippen molar-refractivity contribution in [2.75, 3.05) is 61.7 Å². The SMILES string of the molecule is COc1ccc([C@H]2[C@H](C(=O)N3CCN(Cc4ccccc4)CC3)c3cc(OC)c(OC)cc3C(=O)N2C)cc1OC. The van der Waals surface area contributed by atoms with Gasteiger partial charge in [0, 0.05) is 45.3 Å². The second-order valence-electron chi connectivity index (χ2n) is 10.3. The Morgan fingerprint density at radius 3 is 2.02 bits per heavy atom. The highest BCUT2D eigenvalue weighted by Crippen LogP contribution is 2.47. The van der Waals surface area contributed by atoms with Crippen molar-refractivity contribution < 1.29 is 28.5 Å². The fraction of sp³-hybridized carbons (Fsp3) is 0.375. The summed E-state index contributed by atoms with van der Waals surface area (Å²) in [5.74, 6) is 1.13. The number of likely N-dealkylation sites (N-methyl/N-ethyl adjacent to an activating group) is 1. The minimum atomic E-state index is -0.661. The molecule has 2 aliphatic rings. The minimum Gasteiger partial charge on any atom is -0.493 e. The number of nitrogens with zero attached hydrogens (tertiary/aromatic N) is 3. The van der Waals surface area contributed by atoms with Crippen LogP contribution in [-0.2, 0) is 11.3 Å². The Labute approximate surface area is 241 Å². The lowest BCUT2D eigenvalue weighted by Gasteiger charge is -2.43. The highest BCUT2D eigenvalue weighted by Gasteiger charge is 2.45. The monoisotopic (exact) mass is 559 g/mol. The Morgan fingerprint density at radius 2 is 1.39 bits per heavy atom. The number of carbonyl (C=O) groups excluding carboxylic acids is 2. The Hall–Kier alpha value is -4.24. The van der Waals surface area contributed by atoms with E-state index >= 15 is 0 Å². The van der Waals surface area contributed by atoms with Crippen LogP contribution in [0.1, 0.15) is 39.0 Å². The first-order valence-corrected chi connectivity index (χ1v) is 13.7. The van der Waals surface area contributed by atoms with E-state index in [1.807, 2.05) is 35.2 Å². The Bertz CT molecular complexity index is 1400. The van der Waals surface area contributed by atoms with E-state index in [2.05, 4.69) is 17.0 Å². The second kappa shape index (κ2) is 12.1. The molecule has 2 amide bonds. The van der Waals surface area contributed by atoms with Crippen molar-refractivity contribution in [3.8, 4) is 23.0 Å². The summed E-state index contributed by atoms with van der Waals surface area (Å²) in [6.07, 6.45) is 0. The van der Waals surface area contributed by atoms with Crippen LogP contribution in [0.3, 0.4) is 0 Å². The number of fused-ring (bicyclic) bond motifs is 1. The van der Waals surface area contributed by atoms with Crippen LogP contribution in [0.15, 0.2) is 60.7 Å². The molecule has 9 nitrogen and oxygen atoms in total. The number of methoxy groups -OCH3 is 4. The van der Waals surface area contributed by atoms with E-state index in [-0.39, 0.29) is 11.8 Å². The number of ether oxygens (including phenoxy) is 4. The van der Waals surface area contributed by atoms with Gasteiger partial charge in [-0.05, 0) is 41.0 Å². The van der Waals surface area contributed by atoms with E-state index in [0.29, 0.717) is 47.2 Å². The molecule has 2 aliphatic heterocycles. The van der Waals surface area contributed by atoms with Gasteiger partial charge in [-0.2, -0.15) is 0 Å². The zero-order chi connectivity index (χ0) is 29.1. The standard InChI is InChI=1S/C32H37N3O6/c1-33-30(22-11-12-25(38-2)26(17-22)39-3)29(23-18-27(40-4)28(41-5)19-24(23)31(33)36)32(37)35-15-13-34(14-16-35)20-21-9-7-6-8-10-21/h6-12,17-19,29-30H,13-16,20H2,1-5H3/t29-,30+/m1/s1. The fourth-order valence-corrected chi connectivity index (χ4v) is 5.93. The van der Waals surface area contributed by atoms with E-state index < -0.39 is 12.0 Å².